The lowest BCUT2D eigenvalue weighted by Gasteiger charge is -2.30. The minimum absolute atomic E-state index is 0.0196. The standard InChI is InChI=1S/C28H34N4O8/c29-20(12-13-24(34)35)25(36)30-21(15-18-8-10-19(33)11-9-18)27(38)32-14-4-7-23(32)26(37)31-22(28(39)40)16-17-5-2-1-3-6-17/h1-3,5-6,8-11,20-23,33H,4,7,12-16,29H2,(H,30,36)(H,31,37)(H,34,35)(H,39,40). The number of phenols is 1. The smallest absolute Gasteiger partial charge is 0.326 e. The molecular weight excluding hydrogens is 520 g/mol. The number of carboxylic acid groups (broad SMARTS) is 2. The van der Waals surface area contributed by atoms with Crippen molar-refractivity contribution in [3.63, 3.8) is 0 Å². The predicted octanol–water partition coefficient (Wildman–Crippen LogP) is 0.415. The second kappa shape index (κ2) is 14.1. The van der Waals surface area contributed by atoms with Gasteiger partial charge in [-0.1, -0.05) is 42.5 Å². The van der Waals surface area contributed by atoms with Crippen LogP contribution in [0.1, 0.15) is 36.8 Å². The number of rotatable bonds is 13. The molecule has 12 heteroatoms. The molecule has 4 unspecified atom stereocenters. The van der Waals surface area contributed by atoms with Crippen LogP contribution in [0.2, 0.25) is 0 Å². The van der Waals surface area contributed by atoms with Crippen LogP contribution < -0.4 is 16.4 Å². The molecule has 1 aliphatic heterocycles. The van der Waals surface area contributed by atoms with E-state index in [0.717, 1.165) is 5.56 Å². The topological polar surface area (TPSA) is 199 Å². The van der Waals surface area contributed by atoms with E-state index < -0.39 is 53.8 Å². The minimum atomic E-state index is -1.21. The number of likely N-dealkylation sites (tertiary alicyclic amines) is 1. The predicted molar refractivity (Wildman–Crippen MR) is 143 cm³/mol. The highest BCUT2D eigenvalue weighted by Gasteiger charge is 2.39. The van der Waals surface area contributed by atoms with Crippen molar-refractivity contribution in [2.75, 3.05) is 6.54 Å². The first-order chi connectivity index (χ1) is 19.0. The summed E-state index contributed by atoms with van der Waals surface area (Å²) in [4.78, 5) is 63.7. The van der Waals surface area contributed by atoms with E-state index in [4.69, 9.17) is 10.8 Å². The Hall–Kier alpha value is -4.45. The maximum Gasteiger partial charge on any atom is 0.326 e. The van der Waals surface area contributed by atoms with Crippen LogP contribution in [0, 0.1) is 0 Å². The number of aliphatic carboxylic acids is 2. The number of hydrogen-bond donors (Lipinski definition) is 6. The van der Waals surface area contributed by atoms with Gasteiger partial charge in [0.2, 0.25) is 17.7 Å². The maximum atomic E-state index is 13.7. The molecule has 12 nitrogen and oxygen atoms in total. The summed E-state index contributed by atoms with van der Waals surface area (Å²) in [5.41, 5.74) is 7.19. The van der Waals surface area contributed by atoms with E-state index in [9.17, 15) is 34.2 Å². The Kier molecular flexibility index (Phi) is 10.6. The Labute approximate surface area is 231 Å². The Balaban J connectivity index is 1.76. The van der Waals surface area contributed by atoms with E-state index in [1.54, 1.807) is 42.5 Å². The van der Waals surface area contributed by atoms with E-state index in [1.807, 2.05) is 0 Å². The number of nitrogens with two attached hydrogens (primary N) is 1. The Bertz CT molecular complexity index is 1200. The van der Waals surface area contributed by atoms with Crippen molar-refractivity contribution in [3.8, 4) is 5.75 Å². The van der Waals surface area contributed by atoms with Gasteiger partial charge in [0.25, 0.3) is 0 Å². The highest BCUT2D eigenvalue weighted by atomic mass is 16.4. The van der Waals surface area contributed by atoms with Crippen LogP contribution >= 0.6 is 0 Å². The van der Waals surface area contributed by atoms with Crippen molar-refractivity contribution >= 4 is 29.7 Å². The zero-order chi connectivity index (χ0) is 29.2. The first-order valence-electron chi connectivity index (χ1n) is 13.0. The van der Waals surface area contributed by atoms with Crippen molar-refractivity contribution in [2.24, 2.45) is 5.73 Å². The first kappa shape index (κ1) is 30.1. The van der Waals surface area contributed by atoms with Gasteiger partial charge in [-0.2, -0.15) is 0 Å². The fourth-order valence-corrected chi connectivity index (χ4v) is 4.58. The number of nitrogens with zero attached hydrogens (tertiary/aromatic N) is 1. The summed E-state index contributed by atoms with van der Waals surface area (Å²) < 4.78 is 0. The van der Waals surface area contributed by atoms with Crippen molar-refractivity contribution in [1.29, 1.82) is 0 Å². The number of hydrogen-bond acceptors (Lipinski definition) is 7. The second-order valence-electron chi connectivity index (χ2n) is 9.75. The molecule has 0 aromatic heterocycles. The molecule has 7 N–H and O–H groups in total. The number of aromatic hydroxyl groups is 1. The van der Waals surface area contributed by atoms with Gasteiger partial charge in [-0.15, -0.1) is 0 Å². The van der Waals surface area contributed by atoms with Gasteiger partial charge in [0.1, 0.15) is 23.9 Å². The van der Waals surface area contributed by atoms with Gasteiger partial charge in [0.15, 0.2) is 0 Å². The minimum Gasteiger partial charge on any atom is -0.508 e. The van der Waals surface area contributed by atoms with Gasteiger partial charge in [-0.25, -0.2) is 4.79 Å². The number of amides is 3. The Morgan fingerprint density at radius 2 is 1.52 bits per heavy atom. The molecular formula is C28H34N4O8. The number of carboxylic acids is 2. The molecule has 0 saturated carbocycles. The van der Waals surface area contributed by atoms with Crippen LogP contribution in [0.3, 0.4) is 0 Å². The first-order valence-corrected chi connectivity index (χ1v) is 13.0. The van der Waals surface area contributed by atoms with Gasteiger partial charge in [-0.05, 0) is 42.5 Å². The lowest BCUT2D eigenvalue weighted by Crippen LogP contribution is -2.57. The molecule has 40 heavy (non-hydrogen) atoms. The summed E-state index contributed by atoms with van der Waals surface area (Å²) in [5.74, 6) is -4.18. The molecule has 2 aromatic carbocycles. The zero-order valence-electron chi connectivity index (χ0n) is 21.9. The van der Waals surface area contributed by atoms with Crippen molar-refractivity contribution < 1.29 is 39.3 Å². The van der Waals surface area contributed by atoms with Gasteiger partial charge in [0, 0.05) is 25.8 Å². The van der Waals surface area contributed by atoms with Crippen LogP contribution in [-0.2, 0) is 36.8 Å². The average Bonchev–Trinajstić information content (AvgIpc) is 3.42. The molecule has 214 valence electrons. The normalized spacial score (nSPS) is 16.9. The maximum absolute atomic E-state index is 13.7. The van der Waals surface area contributed by atoms with Crippen molar-refractivity contribution in [3.05, 3.63) is 65.7 Å². The number of carbonyl (C=O) groups is 5. The third kappa shape index (κ3) is 8.53. The van der Waals surface area contributed by atoms with Crippen LogP contribution in [0.25, 0.3) is 0 Å². The molecule has 1 fully saturated rings. The highest BCUT2D eigenvalue weighted by Crippen LogP contribution is 2.21. The van der Waals surface area contributed by atoms with Crippen molar-refractivity contribution in [1.82, 2.24) is 15.5 Å². The molecule has 0 bridgehead atoms. The molecule has 3 rings (SSSR count). The summed E-state index contributed by atoms with van der Waals surface area (Å²) in [5, 5.41) is 33.3. The quantitative estimate of drug-likeness (QED) is 0.203. The third-order valence-electron chi connectivity index (χ3n) is 6.73. The molecule has 0 radical (unpaired) electrons. The molecule has 2 aromatic rings. The van der Waals surface area contributed by atoms with Gasteiger partial charge in [0.05, 0.1) is 6.04 Å². The number of phenolic OH excluding ortho intramolecular Hbond substituents is 1. The SMILES string of the molecule is NC(CCC(=O)O)C(=O)NC(Cc1ccc(O)cc1)C(=O)N1CCCC1C(=O)NC(Cc1ccccc1)C(=O)O. The third-order valence-corrected chi connectivity index (χ3v) is 6.73. The van der Waals surface area contributed by atoms with Gasteiger partial charge < -0.3 is 36.6 Å². The molecule has 1 heterocycles. The van der Waals surface area contributed by atoms with E-state index in [-0.39, 0.29) is 38.0 Å². The molecule has 0 aliphatic carbocycles. The van der Waals surface area contributed by atoms with Gasteiger partial charge >= 0.3 is 11.9 Å². The monoisotopic (exact) mass is 554 g/mol. The van der Waals surface area contributed by atoms with E-state index in [2.05, 4.69) is 10.6 Å². The summed E-state index contributed by atoms with van der Waals surface area (Å²) in [6.45, 7) is 0.223. The second-order valence-corrected chi connectivity index (χ2v) is 9.75. The largest absolute Gasteiger partial charge is 0.508 e. The van der Waals surface area contributed by atoms with Crippen LogP contribution in [0.15, 0.2) is 54.6 Å². The Morgan fingerprint density at radius 3 is 2.15 bits per heavy atom. The van der Waals surface area contributed by atoms with Crippen molar-refractivity contribution in [2.45, 2.75) is 62.7 Å². The number of nitrogens with one attached hydrogen (secondary N) is 2. The summed E-state index contributed by atoms with van der Waals surface area (Å²) in [6, 6.07) is 10.4. The summed E-state index contributed by atoms with van der Waals surface area (Å²) in [6.07, 6.45) is 0.441. The molecule has 3 amide bonds. The molecule has 1 aliphatic rings. The summed E-state index contributed by atoms with van der Waals surface area (Å²) in [7, 11) is 0. The van der Waals surface area contributed by atoms with E-state index in [0.29, 0.717) is 18.4 Å². The van der Waals surface area contributed by atoms with Crippen LogP contribution in [-0.4, -0.2) is 80.6 Å². The lowest BCUT2D eigenvalue weighted by atomic mass is 10.0. The average molecular weight is 555 g/mol. The van der Waals surface area contributed by atoms with Crippen LogP contribution in [0.5, 0.6) is 5.75 Å². The van der Waals surface area contributed by atoms with E-state index in [1.165, 1.54) is 17.0 Å². The zero-order valence-corrected chi connectivity index (χ0v) is 21.9. The fourth-order valence-electron chi connectivity index (χ4n) is 4.58. The number of carbonyl (C=O) groups excluding carboxylic acids is 3. The highest BCUT2D eigenvalue weighted by molar-refractivity contribution is 5.94. The van der Waals surface area contributed by atoms with Crippen LogP contribution in [0.4, 0.5) is 0 Å². The molecule has 1 saturated heterocycles. The molecule has 0 spiro atoms. The number of benzene rings is 2. The van der Waals surface area contributed by atoms with Gasteiger partial charge in [-0.3, -0.25) is 19.2 Å². The lowest BCUT2D eigenvalue weighted by molar-refractivity contribution is -0.145. The molecule has 4 atom stereocenters. The Morgan fingerprint density at radius 1 is 0.900 bits per heavy atom. The summed E-state index contributed by atoms with van der Waals surface area (Å²) >= 11 is 0. The van der Waals surface area contributed by atoms with E-state index >= 15 is 0 Å². The fraction of sp³-hybridized carbons (Fsp3) is 0.393.